The van der Waals surface area contributed by atoms with Crippen LogP contribution in [0.5, 0.6) is 11.5 Å². The molecule has 0 radical (unpaired) electrons. The molecule has 10 heteroatoms. The SMILES string of the molecule is CCOc1ccc(/C=C/C(=O)OCC(=O)NN2C(=O)NC(C)(CC)C2=O)cc1OC. The van der Waals surface area contributed by atoms with E-state index >= 15 is 0 Å². The predicted molar refractivity (Wildman–Crippen MR) is 106 cm³/mol. The van der Waals surface area contributed by atoms with E-state index in [1.54, 1.807) is 32.0 Å². The van der Waals surface area contributed by atoms with Gasteiger partial charge in [0.1, 0.15) is 5.54 Å². The van der Waals surface area contributed by atoms with E-state index in [9.17, 15) is 19.2 Å². The molecule has 0 aromatic heterocycles. The van der Waals surface area contributed by atoms with Crippen LogP contribution < -0.4 is 20.2 Å². The minimum absolute atomic E-state index is 0.361. The van der Waals surface area contributed by atoms with Crippen LogP contribution in [-0.4, -0.2) is 54.7 Å². The smallest absolute Gasteiger partial charge is 0.344 e. The summed E-state index contributed by atoms with van der Waals surface area (Å²) < 4.78 is 15.5. The molecule has 0 spiro atoms. The van der Waals surface area contributed by atoms with Gasteiger partial charge >= 0.3 is 12.0 Å². The van der Waals surface area contributed by atoms with E-state index in [4.69, 9.17) is 14.2 Å². The summed E-state index contributed by atoms with van der Waals surface area (Å²) in [4.78, 5) is 47.8. The molecule has 0 aliphatic carbocycles. The molecule has 2 rings (SSSR count). The lowest BCUT2D eigenvalue weighted by atomic mass is 10.00. The summed E-state index contributed by atoms with van der Waals surface area (Å²) in [5, 5.41) is 3.08. The van der Waals surface area contributed by atoms with Crippen molar-refractivity contribution in [1.82, 2.24) is 15.8 Å². The van der Waals surface area contributed by atoms with Crippen LogP contribution >= 0.6 is 0 Å². The summed E-state index contributed by atoms with van der Waals surface area (Å²) in [5.74, 6) is -1.08. The number of hydrogen-bond acceptors (Lipinski definition) is 7. The van der Waals surface area contributed by atoms with Gasteiger partial charge in [0.15, 0.2) is 18.1 Å². The lowest BCUT2D eigenvalue weighted by Gasteiger charge is -2.19. The van der Waals surface area contributed by atoms with Crippen molar-refractivity contribution in [3.63, 3.8) is 0 Å². The van der Waals surface area contributed by atoms with Gasteiger partial charge in [-0.2, -0.15) is 5.01 Å². The highest BCUT2D eigenvalue weighted by atomic mass is 16.5. The lowest BCUT2D eigenvalue weighted by Crippen LogP contribution is -2.49. The zero-order valence-corrected chi connectivity index (χ0v) is 17.3. The number of nitrogens with zero attached hydrogens (tertiary/aromatic N) is 1. The normalized spacial score (nSPS) is 18.3. The third-order valence-electron chi connectivity index (χ3n) is 4.45. The Morgan fingerprint density at radius 3 is 2.57 bits per heavy atom. The van der Waals surface area contributed by atoms with Crippen molar-refractivity contribution in [2.75, 3.05) is 20.3 Å². The highest BCUT2D eigenvalue weighted by Gasteiger charge is 2.47. The van der Waals surface area contributed by atoms with Gasteiger partial charge in [-0.1, -0.05) is 13.0 Å². The van der Waals surface area contributed by atoms with Gasteiger partial charge in [0, 0.05) is 6.08 Å². The zero-order chi connectivity index (χ0) is 22.3. The maximum absolute atomic E-state index is 12.2. The summed E-state index contributed by atoms with van der Waals surface area (Å²) in [7, 11) is 1.51. The number of rotatable bonds is 9. The Morgan fingerprint density at radius 1 is 1.23 bits per heavy atom. The van der Waals surface area contributed by atoms with Gasteiger partial charge < -0.3 is 19.5 Å². The molecular formula is C20H25N3O7. The number of hydrazine groups is 1. The summed E-state index contributed by atoms with van der Waals surface area (Å²) in [6, 6.07) is 4.38. The van der Waals surface area contributed by atoms with E-state index in [1.807, 2.05) is 6.92 Å². The first-order chi connectivity index (χ1) is 14.2. The standard InChI is InChI=1S/C20H25N3O7/c1-5-20(3)18(26)23(19(27)21-20)22-16(24)12-30-17(25)10-8-13-7-9-14(29-6-2)15(11-13)28-4/h7-11H,5-6,12H2,1-4H3,(H,21,27)(H,22,24)/b10-8+. The maximum Gasteiger partial charge on any atom is 0.344 e. The van der Waals surface area contributed by atoms with Crippen molar-refractivity contribution in [3.05, 3.63) is 29.8 Å². The van der Waals surface area contributed by atoms with Gasteiger partial charge in [0.05, 0.1) is 13.7 Å². The van der Waals surface area contributed by atoms with Gasteiger partial charge in [0.2, 0.25) is 0 Å². The summed E-state index contributed by atoms with van der Waals surface area (Å²) in [5.41, 5.74) is 1.71. The van der Waals surface area contributed by atoms with Crippen LogP contribution in [0.4, 0.5) is 4.79 Å². The Balaban J connectivity index is 1.88. The lowest BCUT2D eigenvalue weighted by molar-refractivity contribution is -0.147. The van der Waals surface area contributed by atoms with Crippen LogP contribution in [0.1, 0.15) is 32.8 Å². The molecular weight excluding hydrogens is 394 g/mol. The third-order valence-corrected chi connectivity index (χ3v) is 4.45. The Bertz CT molecular complexity index is 868. The second-order valence-corrected chi connectivity index (χ2v) is 6.58. The molecule has 2 N–H and O–H groups in total. The zero-order valence-electron chi connectivity index (χ0n) is 17.3. The Kier molecular flexibility index (Phi) is 7.40. The van der Waals surface area contributed by atoms with Crippen molar-refractivity contribution in [1.29, 1.82) is 0 Å². The average molecular weight is 419 g/mol. The Hall–Kier alpha value is -3.56. The molecule has 1 fully saturated rings. The van der Waals surface area contributed by atoms with E-state index in [0.29, 0.717) is 35.1 Å². The highest BCUT2D eigenvalue weighted by molar-refractivity contribution is 6.07. The van der Waals surface area contributed by atoms with E-state index in [1.165, 1.54) is 13.2 Å². The summed E-state index contributed by atoms with van der Waals surface area (Å²) in [6.45, 7) is 4.98. The molecule has 1 unspecified atom stereocenters. The quantitative estimate of drug-likeness (QED) is 0.352. The van der Waals surface area contributed by atoms with Crippen molar-refractivity contribution < 1.29 is 33.4 Å². The molecule has 4 amide bonds. The molecule has 1 aromatic carbocycles. The molecule has 162 valence electrons. The van der Waals surface area contributed by atoms with Crippen LogP contribution in [0.25, 0.3) is 6.08 Å². The molecule has 0 bridgehead atoms. The highest BCUT2D eigenvalue weighted by Crippen LogP contribution is 2.28. The van der Waals surface area contributed by atoms with Crippen molar-refractivity contribution in [2.24, 2.45) is 0 Å². The second kappa shape index (κ2) is 9.77. The van der Waals surface area contributed by atoms with Gasteiger partial charge in [-0.25, -0.2) is 9.59 Å². The van der Waals surface area contributed by atoms with Gasteiger partial charge in [-0.15, -0.1) is 0 Å². The van der Waals surface area contributed by atoms with E-state index in [2.05, 4.69) is 10.7 Å². The maximum atomic E-state index is 12.2. The van der Waals surface area contributed by atoms with Crippen LogP contribution in [0, 0.1) is 0 Å². The first-order valence-corrected chi connectivity index (χ1v) is 9.36. The minimum Gasteiger partial charge on any atom is -0.493 e. The third kappa shape index (κ3) is 5.28. The number of benzene rings is 1. The monoisotopic (exact) mass is 419 g/mol. The molecule has 1 aliphatic heterocycles. The van der Waals surface area contributed by atoms with E-state index < -0.39 is 36.0 Å². The molecule has 1 aliphatic rings. The fraction of sp³-hybridized carbons (Fsp3) is 0.400. The largest absolute Gasteiger partial charge is 0.493 e. The van der Waals surface area contributed by atoms with Crippen LogP contribution in [0.2, 0.25) is 0 Å². The topological polar surface area (TPSA) is 123 Å². The fourth-order valence-electron chi connectivity index (χ4n) is 2.59. The summed E-state index contributed by atoms with van der Waals surface area (Å²) in [6.07, 6.45) is 2.99. The van der Waals surface area contributed by atoms with Gasteiger partial charge in [-0.05, 0) is 44.0 Å². The first-order valence-electron chi connectivity index (χ1n) is 9.36. The van der Waals surface area contributed by atoms with E-state index in [-0.39, 0.29) is 0 Å². The number of carbonyl (C=O) groups is 4. The first kappa shape index (κ1) is 22.7. The molecule has 1 saturated heterocycles. The van der Waals surface area contributed by atoms with E-state index in [0.717, 1.165) is 6.08 Å². The molecule has 30 heavy (non-hydrogen) atoms. The van der Waals surface area contributed by atoms with Crippen molar-refractivity contribution in [3.8, 4) is 11.5 Å². The molecule has 1 aromatic rings. The van der Waals surface area contributed by atoms with Crippen molar-refractivity contribution >= 4 is 29.9 Å². The Morgan fingerprint density at radius 2 is 1.97 bits per heavy atom. The molecule has 1 atom stereocenters. The average Bonchev–Trinajstić information content (AvgIpc) is 2.95. The number of amides is 4. The van der Waals surface area contributed by atoms with Gasteiger partial charge in [-0.3, -0.25) is 15.0 Å². The number of carbonyl (C=O) groups excluding carboxylic acids is 4. The number of methoxy groups -OCH3 is 1. The number of imide groups is 1. The fourth-order valence-corrected chi connectivity index (χ4v) is 2.59. The number of hydrogen-bond donors (Lipinski definition) is 2. The number of urea groups is 1. The number of ether oxygens (including phenoxy) is 3. The second-order valence-electron chi connectivity index (χ2n) is 6.58. The Labute approximate surface area is 174 Å². The van der Waals surface area contributed by atoms with Gasteiger partial charge in [0.25, 0.3) is 11.8 Å². The minimum atomic E-state index is -1.08. The molecule has 10 nitrogen and oxygen atoms in total. The number of esters is 1. The molecule has 0 saturated carbocycles. The van der Waals surface area contributed by atoms with Crippen LogP contribution in [0.3, 0.4) is 0 Å². The van der Waals surface area contributed by atoms with Crippen molar-refractivity contribution in [2.45, 2.75) is 32.7 Å². The van der Waals surface area contributed by atoms with Crippen LogP contribution in [-0.2, 0) is 19.1 Å². The molecule has 1 heterocycles. The number of nitrogens with one attached hydrogen (secondary N) is 2. The predicted octanol–water partition coefficient (Wildman–Crippen LogP) is 1.40. The summed E-state index contributed by atoms with van der Waals surface area (Å²) >= 11 is 0. The van der Waals surface area contributed by atoms with Crippen LogP contribution in [0.15, 0.2) is 24.3 Å².